The van der Waals surface area contributed by atoms with Crippen LogP contribution in [0.25, 0.3) is 0 Å². The lowest BCUT2D eigenvalue weighted by atomic mass is 10.2. The Hall–Kier alpha value is -1.93. The molecular formula is C10H13ClN6O2. The summed E-state index contributed by atoms with van der Waals surface area (Å²) in [6, 6.07) is 3.51. The Labute approximate surface area is 114 Å². The van der Waals surface area contributed by atoms with Crippen LogP contribution in [0.2, 0.25) is 5.15 Å². The largest absolute Gasteiger partial charge is 0.338 e. The first-order chi connectivity index (χ1) is 9.04. The van der Waals surface area contributed by atoms with Gasteiger partial charge in [0.15, 0.2) is 5.03 Å². The highest BCUT2D eigenvalue weighted by Gasteiger charge is 2.22. The van der Waals surface area contributed by atoms with Crippen molar-refractivity contribution < 1.29 is 5.03 Å². The molecule has 19 heavy (non-hydrogen) atoms. The summed E-state index contributed by atoms with van der Waals surface area (Å²) in [4.78, 5) is 18.2. The highest BCUT2D eigenvalue weighted by molar-refractivity contribution is 6.29. The molecule has 0 aliphatic carbocycles. The van der Waals surface area contributed by atoms with E-state index in [0.717, 1.165) is 5.56 Å². The summed E-state index contributed by atoms with van der Waals surface area (Å²) in [6.45, 7) is 1.53. The summed E-state index contributed by atoms with van der Waals surface area (Å²) < 4.78 is 0. The van der Waals surface area contributed by atoms with Crippen molar-refractivity contribution >= 4 is 17.6 Å². The quantitative estimate of drug-likeness (QED) is 0.495. The van der Waals surface area contributed by atoms with Crippen LogP contribution in [0.3, 0.4) is 0 Å². The average molecular weight is 285 g/mol. The van der Waals surface area contributed by atoms with Crippen LogP contribution in [0.15, 0.2) is 23.4 Å². The van der Waals surface area contributed by atoms with Gasteiger partial charge in [-0.3, -0.25) is 4.90 Å². The van der Waals surface area contributed by atoms with Crippen molar-refractivity contribution in [2.75, 3.05) is 20.4 Å². The minimum Gasteiger partial charge on any atom is -0.338 e. The molecule has 2 rings (SSSR count). The molecule has 102 valence electrons. The fourth-order valence-electron chi connectivity index (χ4n) is 1.75. The van der Waals surface area contributed by atoms with E-state index in [2.05, 4.69) is 15.4 Å². The molecule has 8 nitrogen and oxygen atoms in total. The summed E-state index contributed by atoms with van der Waals surface area (Å²) in [5.41, 5.74) is 0.901. The molecule has 9 heteroatoms. The van der Waals surface area contributed by atoms with Crippen LogP contribution in [0.1, 0.15) is 5.56 Å². The Balaban J connectivity index is 2.14. The van der Waals surface area contributed by atoms with E-state index in [1.54, 1.807) is 17.2 Å². The maximum absolute atomic E-state index is 10.5. The van der Waals surface area contributed by atoms with E-state index >= 15 is 0 Å². The van der Waals surface area contributed by atoms with Gasteiger partial charge in [0, 0.05) is 12.7 Å². The molecule has 0 atom stereocenters. The molecule has 0 spiro atoms. The first kappa shape index (κ1) is 13.5. The second kappa shape index (κ2) is 5.81. The summed E-state index contributed by atoms with van der Waals surface area (Å²) >= 11 is 5.72. The first-order valence-corrected chi connectivity index (χ1v) is 5.93. The third kappa shape index (κ3) is 3.76. The van der Waals surface area contributed by atoms with Gasteiger partial charge in [-0.2, -0.15) is 0 Å². The third-order valence-electron chi connectivity index (χ3n) is 2.56. The van der Waals surface area contributed by atoms with Crippen LogP contribution < -0.4 is 5.32 Å². The van der Waals surface area contributed by atoms with Crippen molar-refractivity contribution in [3.8, 4) is 0 Å². The first-order valence-electron chi connectivity index (χ1n) is 5.55. The van der Waals surface area contributed by atoms with Crippen molar-refractivity contribution in [2.45, 2.75) is 6.54 Å². The molecular weight excluding hydrogens is 272 g/mol. The third-order valence-corrected chi connectivity index (χ3v) is 2.78. The number of nitrogens with zero attached hydrogens (tertiary/aromatic N) is 5. The van der Waals surface area contributed by atoms with Gasteiger partial charge in [-0.1, -0.05) is 17.7 Å². The predicted molar refractivity (Wildman–Crippen MR) is 69.9 cm³/mol. The van der Waals surface area contributed by atoms with E-state index in [-0.39, 0.29) is 5.96 Å². The zero-order chi connectivity index (χ0) is 13.8. The van der Waals surface area contributed by atoms with Gasteiger partial charge in [0.1, 0.15) is 10.3 Å². The maximum atomic E-state index is 10.5. The average Bonchev–Trinajstić information content (AvgIpc) is 2.35. The Kier molecular flexibility index (Phi) is 4.13. The molecule has 0 aromatic carbocycles. The summed E-state index contributed by atoms with van der Waals surface area (Å²) in [5, 5.41) is 16.4. The zero-order valence-corrected chi connectivity index (χ0v) is 11.0. The minimum atomic E-state index is -0.708. The number of hydrazone groups is 1. The summed E-state index contributed by atoms with van der Waals surface area (Å²) in [7, 11) is 1.91. The second-order valence-corrected chi connectivity index (χ2v) is 4.57. The number of nitrogens with one attached hydrogen (secondary N) is 1. The standard InChI is InChI=1S/C10H13ClN6O2/c1-15-6-13-10(14-17(18)19)16(7-15)5-8-2-3-9(11)12-4-8/h2-4H,5-7H2,1H3,(H,13,14). The number of nitro groups is 1. The van der Waals surface area contributed by atoms with Gasteiger partial charge in [0.25, 0.3) is 5.96 Å². The zero-order valence-electron chi connectivity index (χ0n) is 10.3. The maximum Gasteiger partial charge on any atom is 0.273 e. The van der Waals surface area contributed by atoms with E-state index in [4.69, 9.17) is 11.6 Å². The lowest BCUT2D eigenvalue weighted by Crippen LogP contribution is -2.55. The highest BCUT2D eigenvalue weighted by atomic mass is 35.5. The van der Waals surface area contributed by atoms with Crippen LogP contribution in [-0.2, 0) is 6.54 Å². The molecule has 1 aliphatic rings. The van der Waals surface area contributed by atoms with E-state index in [1.807, 2.05) is 18.0 Å². The number of pyridine rings is 1. The summed E-state index contributed by atoms with van der Waals surface area (Å²) in [6.07, 6.45) is 1.64. The van der Waals surface area contributed by atoms with Gasteiger partial charge in [0.2, 0.25) is 0 Å². The topological polar surface area (TPSA) is 86.9 Å². The monoisotopic (exact) mass is 284 g/mol. The fraction of sp³-hybridized carbons (Fsp3) is 0.400. The van der Waals surface area contributed by atoms with Crippen molar-refractivity contribution in [3.05, 3.63) is 39.2 Å². The SMILES string of the molecule is CN1CN/C(=N/[N+](=O)[O-])N(Cc2ccc(Cl)nc2)C1. The number of hydrogen-bond acceptors (Lipinski definition) is 4. The molecule has 1 saturated heterocycles. The van der Waals surface area contributed by atoms with Gasteiger partial charge < -0.3 is 10.2 Å². The van der Waals surface area contributed by atoms with Gasteiger partial charge in [0.05, 0.1) is 13.3 Å². The van der Waals surface area contributed by atoms with Crippen LogP contribution >= 0.6 is 11.6 Å². The number of aromatic nitrogens is 1. The molecule has 0 unspecified atom stereocenters. The second-order valence-electron chi connectivity index (χ2n) is 4.18. The number of guanidine groups is 1. The molecule has 0 bridgehead atoms. The smallest absolute Gasteiger partial charge is 0.273 e. The lowest BCUT2D eigenvalue weighted by molar-refractivity contribution is -0.486. The molecule has 1 aromatic heterocycles. The van der Waals surface area contributed by atoms with Crippen molar-refractivity contribution in [3.63, 3.8) is 0 Å². The van der Waals surface area contributed by atoms with Crippen molar-refractivity contribution in [1.82, 2.24) is 20.1 Å². The van der Waals surface area contributed by atoms with Crippen molar-refractivity contribution in [1.29, 1.82) is 0 Å². The molecule has 1 aromatic rings. The Morgan fingerprint density at radius 2 is 2.42 bits per heavy atom. The molecule has 2 heterocycles. The normalized spacial score (nSPS) is 18.4. The van der Waals surface area contributed by atoms with Crippen LogP contribution in [0, 0.1) is 10.1 Å². The Morgan fingerprint density at radius 1 is 1.63 bits per heavy atom. The fourth-order valence-corrected chi connectivity index (χ4v) is 1.86. The van der Waals surface area contributed by atoms with Gasteiger partial charge in [-0.15, -0.1) is 0 Å². The lowest BCUT2D eigenvalue weighted by Gasteiger charge is -2.34. The molecule has 0 saturated carbocycles. The van der Waals surface area contributed by atoms with E-state index in [0.29, 0.717) is 25.0 Å². The molecule has 0 radical (unpaired) electrons. The van der Waals surface area contributed by atoms with Crippen LogP contribution in [0.5, 0.6) is 0 Å². The highest BCUT2D eigenvalue weighted by Crippen LogP contribution is 2.10. The van der Waals surface area contributed by atoms with Crippen molar-refractivity contribution in [2.24, 2.45) is 5.10 Å². The van der Waals surface area contributed by atoms with Crippen LogP contribution in [0.4, 0.5) is 0 Å². The summed E-state index contributed by atoms with van der Waals surface area (Å²) in [5.74, 6) is 0.248. The predicted octanol–water partition coefficient (Wildman–Crippen LogP) is 0.535. The van der Waals surface area contributed by atoms with Gasteiger partial charge >= 0.3 is 0 Å². The Bertz CT molecular complexity index is 491. The van der Waals surface area contributed by atoms with E-state index in [1.165, 1.54) is 0 Å². The number of hydrogen-bond donors (Lipinski definition) is 1. The van der Waals surface area contributed by atoms with Crippen LogP contribution in [-0.4, -0.2) is 46.2 Å². The molecule has 1 aliphatic heterocycles. The molecule has 1 fully saturated rings. The minimum absolute atomic E-state index is 0.248. The van der Waals surface area contributed by atoms with Gasteiger partial charge in [-0.25, -0.2) is 15.1 Å². The Morgan fingerprint density at radius 3 is 3.05 bits per heavy atom. The molecule has 1 N–H and O–H groups in total. The molecule has 0 amide bonds. The van der Waals surface area contributed by atoms with E-state index in [9.17, 15) is 10.1 Å². The van der Waals surface area contributed by atoms with Gasteiger partial charge in [-0.05, 0) is 18.7 Å². The number of rotatable bonds is 3. The van der Waals surface area contributed by atoms with E-state index < -0.39 is 5.03 Å². The number of halogens is 1.